The Morgan fingerprint density at radius 1 is 1.21 bits per heavy atom. The number of nitrogens with zero attached hydrogens (tertiary/aromatic N) is 1. The molecule has 0 heterocycles. The zero-order chi connectivity index (χ0) is 11.1. The monoisotopic (exact) mass is 208 g/mol. The highest BCUT2D eigenvalue weighted by Crippen LogP contribution is 2.03. The van der Waals surface area contributed by atoms with Crippen molar-refractivity contribution in [1.82, 2.24) is 10.2 Å². The molecule has 0 aliphatic heterocycles. The number of nitrogens with one attached hydrogen (secondary N) is 1. The lowest BCUT2D eigenvalue weighted by atomic mass is 10.2. The Bertz CT molecular complexity index is 140. The van der Waals surface area contributed by atoms with E-state index in [2.05, 4.69) is 19.2 Å². The lowest BCUT2D eigenvalue weighted by Gasteiger charge is -2.24. The molecule has 0 aromatic carbocycles. The highest BCUT2D eigenvalue weighted by molar-refractivity contribution is 4.66. The topological polar surface area (TPSA) is 15.3 Å². The van der Waals surface area contributed by atoms with Gasteiger partial charge in [0.1, 0.15) is 0 Å². The number of hydrogen-bond donors (Lipinski definition) is 1. The van der Waals surface area contributed by atoms with Gasteiger partial charge >= 0.3 is 0 Å². The molecule has 0 aromatic heterocycles. The van der Waals surface area contributed by atoms with E-state index < -0.39 is 6.43 Å². The molecule has 0 aliphatic rings. The maximum absolute atomic E-state index is 12.0. The molecule has 0 fully saturated rings. The molecule has 1 N–H and O–H groups in total. The maximum Gasteiger partial charge on any atom is 0.251 e. The summed E-state index contributed by atoms with van der Waals surface area (Å²) in [4.78, 5) is 1.70. The van der Waals surface area contributed by atoms with Crippen LogP contribution in [0.1, 0.15) is 27.2 Å². The first-order valence-electron chi connectivity index (χ1n) is 5.15. The second-order valence-corrected chi connectivity index (χ2v) is 4.08. The average Bonchev–Trinajstić information content (AvgIpc) is 2.01. The molecule has 0 spiro atoms. The van der Waals surface area contributed by atoms with Gasteiger partial charge in [0.15, 0.2) is 0 Å². The highest BCUT2D eigenvalue weighted by atomic mass is 19.3. The fourth-order valence-electron chi connectivity index (χ4n) is 1.20. The van der Waals surface area contributed by atoms with Gasteiger partial charge in [-0.25, -0.2) is 8.78 Å². The number of hydrogen-bond acceptors (Lipinski definition) is 2. The minimum atomic E-state index is -2.24. The fraction of sp³-hybridized carbons (Fsp3) is 1.00. The summed E-state index contributed by atoms with van der Waals surface area (Å²) in [5.41, 5.74) is 0. The van der Waals surface area contributed by atoms with Crippen LogP contribution in [0.5, 0.6) is 0 Å². The number of alkyl halides is 2. The van der Waals surface area contributed by atoms with Crippen LogP contribution >= 0.6 is 0 Å². The molecule has 0 aliphatic carbocycles. The lowest BCUT2D eigenvalue weighted by Crippen LogP contribution is -2.36. The zero-order valence-electron chi connectivity index (χ0n) is 9.56. The van der Waals surface area contributed by atoms with Crippen molar-refractivity contribution in [1.29, 1.82) is 0 Å². The zero-order valence-corrected chi connectivity index (χ0v) is 9.56. The van der Waals surface area contributed by atoms with Crippen LogP contribution in [-0.4, -0.2) is 43.5 Å². The van der Waals surface area contributed by atoms with E-state index in [9.17, 15) is 8.78 Å². The molecule has 0 saturated heterocycles. The highest BCUT2D eigenvalue weighted by Gasteiger charge is 2.13. The molecule has 2 nitrogen and oxygen atoms in total. The Morgan fingerprint density at radius 2 is 1.79 bits per heavy atom. The third-order valence-corrected chi connectivity index (χ3v) is 2.29. The van der Waals surface area contributed by atoms with Crippen molar-refractivity contribution in [2.75, 3.05) is 20.1 Å². The molecule has 4 heteroatoms. The summed E-state index contributed by atoms with van der Waals surface area (Å²) in [5.74, 6) is 0. The summed E-state index contributed by atoms with van der Waals surface area (Å²) in [6.07, 6.45) is -1.33. The summed E-state index contributed by atoms with van der Waals surface area (Å²) >= 11 is 0. The summed E-state index contributed by atoms with van der Waals surface area (Å²) in [5, 5.41) is 3.27. The van der Waals surface area contributed by atoms with E-state index in [4.69, 9.17) is 0 Å². The second kappa shape index (κ2) is 7.12. The van der Waals surface area contributed by atoms with Crippen molar-refractivity contribution in [2.45, 2.75) is 45.7 Å². The maximum atomic E-state index is 12.0. The predicted molar refractivity (Wildman–Crippen MR) is 55.9 cm³/mol. The quantitative estimate of drug-likeness (QED) is 0.688. The molecule has 0 rings (SSSR count). The van der Waals surface area contributed by atoms with Crippen LogP contribution in [-0.2, 0) is 0 Å². The summed E-state index contributed by atoms with van der Waals surface area (Å²) in [6.45, 7) is 6.88. The summed E-state index contributed by atoms with van der Waals surface area (Å²) < 4.78 is 24.1. The Morgan fingerprint density at radius 3 is 2.21 bits per heavy atom. The third kappa shape index (κ3) is 7.21. The van der Waals surface area contributed by atoms with Crippen LogP contribution in [0.4, 0.5) is 8.78 Å². The Balaban J connectivity index is 3.56. The first-order chi connectivity index (χ1) is 6.43. The van der Waals surface area contributed by atoms with Crippen molar-refractivity contribution in [3.8, 4) is 0 Å². The number of rotatable bonds is 7. The molecular formula is C10H22F2N2. The van der Waals surface area contributed by atoms with Crippen LogP contribution in [0.15, 0.2) is 0 Å². The molecular weight excluding hydrogens is 186 g/mol. The molecule has 14 heavy (non-hydrogen) atoms. The first-order valence-corrected chi connectivity index (χ1v) is 5.15. The van der Waals surface area contributed by atoms with E-state index in [1.165, 1.54) is 0 Å². The van der Waals surface area contributed by atoms with Crippen LogP contribution in [0.3, 0.4) is 0 Å². The predicted octanol–water partition coefficient (Wildman–Crippen LogP) is 1.96. The van der Waals surface area contributed by atoms with Crippen LogP contribution < -0.4 is 5.32 Å². The second-order valence-electron chi connectivity index (χ2n) is 4.08. The third-order valence-electron chi connectivity index (χ3n) is 2.29. The van der Waals surface area contributed by atoms with E-state index in [1.807, 2.05) is 6.92 Å². The van der Waals surface area contributed by atoms with Gasteiger partial charge in [-0.05, 0) is 26.9 Å². The van der Waals surface area contributed by atoms with Gasteiger partial charge < -0.3 is 5.32 Å². The van der Waals surface area contributed by atoms with Crippen LogP contribution in [0.25, 0.3) is 0 Å². The summed E-state index contributed by atoms with van der Waals surface area (Å²) in [7, 11) is 1.74. The molecule has 0 bridgehead atoms. The van der Waals surface area contributed by atoms with Gasteiger partial charge in [-0.2, -0.15) is 0 Å². The molecule has 0 aromatic rings. The summed E-state index contributed by atoms with van der Waals surface area (Å²) in [6, 6.07) is 0.665. The Labute approximate surface area is 85.7 Å². The van der Waals surface area contributed by atoms with E-state index >= 15 is 0 Å². The van der Waals surface area contributed by atoms with Crippen molar-refractivity contribution in [2.24, 2.45) is 0 Å². The SMILES string of the molecule is CC(C)NCCC(C)N(C)CC(F)F. The molecule has 0 radical (unpaired) electrons. The standard InChI is InChI=1S/C10H22F2N2/c1-8(2)13-6-5-9(3)14(4)7-10(11)12/h8-10,13H,5-7H2,1-4H3. The number of halogens is 2. The van der Waals surface area contributed by atoms with Crippen molar-refractivity contribution in [3.05, 3.63) is 0 Å². The first kappa shape index (κ1) is 13.8. The van der Waals surface area contributed by atoms with Crippen LogP contribution in [0.2, 0.25) is 0 Å². The lowest BCUT2D eigenvalue weighted by molar-refractivity contribution is 0.0823. The Kier molecular flexibility index (Phi) is 7.01. The minimum Gasteiger partial charge on any atom is -0.314 e. The van der Waals surface area contributed by atoms with E-state index in [1.54, 1.807) is 11.9 Å². The van der Waals surface area contributed by atoms with E-state index in [0.29, 0.717) is 6.04 Å². The van der Waals surface area contributed by atoms with Gasteiger partial charge in [-0.1, -0.05) is 13.8 Å². The van der Waals surface area contributed by atoms with Gasteiger partial charge in [0.25, 0.3) is 6.43 Å². The van der Waals surface area contributed by atoms with Gasteiger partial charge in [0.05, 0.1) is 6.54 Å². The smallest absolute Gasteiger partial charge is 0.251 e. The van der Waals surface area contributed by atoms with Crippen molar-refractivity contribution < 1.29 is 8.78 Å². The van der Waals surface area contributed by atoms with E-state index in [0.717, 1.165) is 13.0 Å². The molecule has 0 saturated carbocycles. The fourth-order valence-corrected chi connectivity index (χ4v) is 1.20. The minimum absolute atomic E-state index is 0.136. The van der Waals surface area contributed by atoms with Gasteiger partial charge in [0, 0.05) is 12.1 Å². The molecule has 1 unspecified atom stereocenters. The average molecular weight is 208 g/mol. The van der Waals surface area contributed by atoms with E-state index in [-0.39, 0.29) is 12.6 Å². The molecule has 0 amide bonds. The van der Waals surface area contributed by atoms with Crippen molar-refractivity contribution >= 4 is 0 Å². The van der Waals surface area contributed by atoms with Gasteiger partial charge in [-0.3, -0.25) is 4.90 Å². The Hall–Kier alpha value is -0.220. The molecule has 86 valence electrons. The largest absolute Gasteiger partial charge is 0.314 e. The van der Waals surface area contributed by atoms with Crippen molar-refractivity contribution in [3.63, 3.8) is 0 Å². The normalized spacial score (nSPS) is 14.4. The van der Waals surface area contributed by atoms with Crippen LogP contribution in [0, 0.1) is 0 Å². The molecule has 1 atom stereocenters. The van der Waals surface area contributed by atoms with Gasteiger partial charge in [0.2, 0.25) is 0 Å². The van der Waals surface area contributed by atoms with Gasteiger partial charge in [-0.15, -0.1) is 0 Å².